The second kappa shape index (κ2) is 7.46. The van der Waals surface area contributed by atoms with Gasteiger partial charge in [-0.1, -0.05) is 18.2 Å². The van der Waals surface area contributed by atoms with Crippen molar-refractivity contribution in [2.24, 2.45) is 0 Å². The molecule has 2 aromatic carbocycles. The van der Waals surface area contributed by atoms with Gasteiger partial charge in [0.2, 0.25) is 0 Å². The highest BCUT2D eigenvalue weighted by Crippen LogP contribution is 2.26. The van der Waals surface area contributed by atoms with Gasteiger partial charge in [-0.05, 0) is 55.7 Å². The standard InChI is InChI=1S/C22H22FN3O2/c1-3-28-18-9-8-16-10-11-25(14-17(16)12-18)22(27)19-13-24-26(15(19)2)21-7-5-4-6-20(21)23/h4-9,12-13H,3,10-11,14H2,1-2H3. The monoisotopic (exact) mass is 379 g/mol. The SMILES string of the molecule is CCOc1ccc2c(c1)CN(C(=O)c1cnn(-c3ccccc3F)c1C)CC2. The fraction of sp³-hybridized carbons (Fsp3) is 0.273. The van der Waals surface area contributed by atoms with E-state index in [4.69, 9.17) is 4.74 Å². The molecule has 0 atom stereocenters. The summed E-state index contributed by atoms with van der Waals surface area (Å²) in [7, 11) is 0. The highest BCUT2D eigenvalue weighted by atomic mass is 19.1. The number of halogens is 1. The zero-order valence-corrected chi connectivity index (χ0v) is 16.0. The van der Waals surface area contributed by atoms with Crippen molar-refractivity contribution in [1.82, 2.24) is 14.7 Å². The van der Waals surface area contributed by atoms with Crippen LogP contribution in [0.5, 0.6) is 5.75 Å². The van der Waals surface area contributed by atoms with Gasteiger partial charge in [0.15, 0.2) is 0 Å². The van der Waals surface area contributed by atoms with Gasteiger partial charge in [0.05, 0.1) is 24.1 Å². The van der Waals surface area contributed by atoms with Crippen molar-refractivity contribution in [1.29, 1.82) is 0 Å². The summed E-state index contributed by atoms with van der Waals surface area (Å²) in [6.07, 6.45) is 2.32. The average molecular weight is 379 g/mol. The molecular formula is C22H22FN3O2. The molecular weight excluding hydrogens is 357 g/mol. The maximum atomic E-state index is 14.1. The van der Waals surface area contributed by atoms with E-state index >= 15 is 0 Å². The van der Waals surface area contributed by atoms with Crippen LogP contribution in [0.4, 0.5) is 4.39 Å². The molecule has 0 fully saturated rings. The fourth-order valence-corrected chi connectivity index (χ4v) is 3.62. The summed E-state index contributed by atoms with van der Waals surface area (Å²) in [6, 6.07) is 12.5. The number of rotatable bonds is 4. The Morgan fingerprint density at radius 1 is 1.21 bits per heavy atom. The number of ether oxygens (including phenoxy) is 1. The Kier molecular flexibility index (Phi) is 4.86. The highest BCUT2D eigenvalue weighted by molar-refractivity contribution is 5.95. The summed E-state index contributed by atoms with van der Waals surface area (Å²) in [4.78, 5) is 14.9. The summed E-state index contributed by atoms with van der Waals surface area (Å²) >= 11 is 0. The predicted octanol–water partition coefficient (Wildman–Crippen LogP) is 3.92. The van der Waals surface area contributed by atoms with E-state index < -0.39 is 0 Å². The Bertz CT molecular complexity index is 1030. The van der Waals surface area contributed by atoms with E-state index in [0.717, 1.165) is 17.7 Å². The molecule has 0 aliphatic carbocycles. The summed E-state index contributed by atoms with van der Waals surface area (Å²) in [5, 5.41) is 4.25. The first-order valence-electron chi connectivity index (χ1n) is 9.42. The van der Waals surface area contributed by atoms with Crippen molar-refractivity contribution >= 4 is 5.91 Å². The van der Waals surface area contributed by atoms with Gasteiger partial charge in [-0.15, -0.1) is 0 Å². The topological polar surface area (TPSA) is 47.4 Å². The minimum Gasteiger partial charge on any atom is -0.494 e. The van der Waals surface area contributed by atoms with Gasteiger partial charge >= 0.3 is 0 Å². The van der Waals surface area contributed by atoms with Crippen LogP contribution in [-0.4, -0.2) is 33.7 Å². The number of carbonyl (C=O) groups excluding carboxylic acids is 1. The van der Waals surface area contributed by atoms with Crippen LogP contribution in [0.2, 0.25) is 0 Å². The van der Waals surface area contributed by atoms with Crippen LogP contribution < -0.4 is 4.74 Å². The number of benzene rings is 2. The van der Waals surface area contributed by atoms with Gasteiger partial charge in [-0.3, -0.25) is 4.79 Å². The third-order valence-corrected chi connectivity index (χ3v) is 5.11. The van der Waals surface area contributed by atoms with Crippen molar-refractivity contribution in [3.63, 3.8) is 0 Å². The molecule has 0 saturated heterocycles. The Hall–Kier alpha value is -3.15. The molecule has 28 heavy (non-hydrogen) atoms. The number of hydrogen-bond donors (Lipinski definition) is 0. The Balaban J connectivity index is 1.59. The summed E-state index contributed by atoms with van der Waals surface area (Å²) < 4.78 is 21.2. The van der Waals surface area contributed by atoms with Crippen molar-refractivity contribution in [3.05, 3.63) is 76.9 Å². The molecule has 0 unspecified atom stereocenters. The highest BCUT2D eigenvalue weighted by Gasteiger charge is 2.25. The smallest absolute Gasteiger partial charge is 0.257 e. The minimum absolute atomic E-state index is 0.0902. The number of hydrogen-bond acceptors (Lipinski definition) is 3. The van der Waals surface area contributed by atoms with Crippen molar-refractivity contribution in [3.8, 4) is 11.4 Å². The average Bonchev–Trinajstić information content (AvgIpc) is 3.08. The lowest BCUT2D eigenvalue weighted by atomic mass is 9.99. The van der Waals surface area contributed by atoms with Gasteiger partial charge in [0.1, 0.15) is 17.3 Å². The molecule has 144 valence electrons. The first kappa shape index (κ1) is 18.2. The van der Waals surface area contributed by atoms with E-state index in [9.17, 15) is 9.18 Å². The second-order valence-electron chi connectivity index (χ2n) is 6.85. The zero-order chi connectivity index (χ0) is 19.7. The normalized spacial score (nSPS) is 13.3. The number of nitrogens with zero attached hydrogens (tertiary/aromatic N) is 3. The Morgan fingerprint density at radius 2 is 2.04 bits per heavy atom. The van der Waals surface area contributed by atoms with E-state index in [1.165, 1.54) is 22.5 Å². The lowest BCUT2D eigenvalue weighted by Crippen LogP contribution is -2.36. The second-order valence-corrected chi connectivity index (χ2v) is 6.85. The van der Waals surface area contributed by atoms with Crippen LogP contribution in [0.3, 0.4) is 0 Å². The molecule has 1 aromatic heterocycles. The number of para-hydroxylation sites is 1. The molecule has 0 saturated carbocycles. The van der Waals surface area contributed by atoms with Crippen LogP contribution in [-0.2, 0) is 13.0 Å². The third kappa shape index (κ3) is 3.26. The number of fused-ring (bicyclic) bond motifs is 1. The van der Waals surface area contributed by atoms with Gasteiger partial charge < -0.3 is 9.64 Å². The van der Waals surface area contributed by atoms with E-state index in [1.807, 2.05) is 24.0 Å². The quantitative estimate of drug-likeness (QED) is 0.690. The molecule has 1 aliphatic heterocycles. The molecule has 1 aliphatic rings. The summed E-state index contributed by atoms with van der Waals surface area (Å²) in [5.74, 6) is 0.356. The zero-order valence-electron chi connectivity index (χ0n) is 16.0. The Morgan fingerprint density at radius 3 is 2.82 bits per heavy atom. The largest absolute Gasteiger partial charge is 0.494 e. The van der Waals surface area contributed by atoms with E-state index in [2.05, 4.69) is 11.2 Å². The maximum Gasteiger partial charge on any atom is 0.257 e. The lowest BCUT2D eigenvalue weighted by molar-refractivity contribution is 0.0733. The summed E-state index contributed by atoms with van der Waals surface area (Å²) in [6.45, 7) is 5.52. The molecule has 5 nitrogen and oxygen atoms in total. The first-order valence-corrected chi connectivity index (χ1v) is 9.42. The fourth-order valence-electron chi connectivity index (χ4n) is 3.62. The van der Waals surface area contributed by atoms with Gasteiger partial charge in [0.25, 0.3) is 5.91 Å². The minimum atomic E-state index is -0.372. The molecule has 3 aromatic rings. The van der Waals surface area contributed by atoms with E-state index in [1.54, 1.807) is 25.1 Å². The molecule has 0 spiro atoms. The van der Waals surface area contributed by atoms with Crippen LogP contribution in [0, 0.1) is 12.7 Å². The molecule has 0 radical (unpaired) electrons. The van der Waals surface area contributed by atoms with Crippen LogP contribution in [0.25, 0.3) is 5.69 Å². The van der Waals surface area contributed by atoms with Crippen molar-refractivity contribution in [2.45, 2.75) is 26.8 Å². The van der Waals surface area contributed by atoms with E-state index in [-0.39, 0.29) is 11.7 Å². The first-order chi connectivity index (χ1) is 13.6. The van der Waals surface area contributed by atoms with Crippen LogP contribution >= 0.6 is 0 Å². The van der Waals surface area contributed by atoms with Gasteiger partial charge in [-0.2, -0.15) is 5.10 Å². The molecule has 0 N–H and O–H groups in total. The van der Waals surface area contributed by atoms with E-state index in [0.29, 0.717) is 36.6 Å². The van der Waals surface area contributed by atoms with Gasteiger partial charge in [0, 0.05) is 13.1 Å². The van der Waals surface area contributed by atoms with Crippen molar-refractivity contribution in [2.75, 3.05) is 13.2 Å². The molecule has 6 heteroatoms. The molecule has 0 bridgehead atoms. The predicted molar refractivity (Wildman–Crippen MR) is 104 cm³/mol. The molecule has 4 rings (SSSR count). The molecule has 1 amide bonds. The van der Waals surface area contributed by atoms with Crippen LogP contribution in [0.15, 0.2) is 48.7 Å². The maximum absolute atomic E-state index is 14.1. The van der Waals surface area contributed by atoms with Crippen molar-refractivity contribution < 1.29 is 13.9 Å². The molecule has 2 heterocycles. The summed E-state index contributed by atoms with van der Waals surface area (Å²) in [5.41, 5.74) is 3.80. The Labute approximate surface area is 163 Å². The number of aromatic nitrogens is 2. The third-order valence-electron chi connectivity index (χ3n) is 5.11. The number of carbonyl (C=O) groups is 1. The van der Waals surface area contributed by atoms with Crippen LogP contribution in [0.1, 0.15) is 34.1 Å². The number of amides is 1. The lowest BCUT2D eigenvalue weighted by Gasteiger charge is -2.29. The van der Waals surface area contributed by atoms with Gasteiger partial charge in [-0.25, -0.2) is 9.07 Å².